The summed E-state index contributed by atoms with van der Waals surface area (Å²) in [6.45, 7) is 0.0377. The normalized spacial score (nSPS) is 12.8. The molecule has 1 aromatic carbocycles. The largest absolute Gasteiger partial charge is 0.394 e. The van der Waals surface area contributed by atoms with E-state index >= 15 is 0 Å². The lowest BCUT2D eigenvalue weighted by Gasteiger charge is -2.16. The number of benzene rings is 1. The van der Waals surface area contributed by atoms with Crippen LogP contribution >= 0.6 is 0 Å². The summed E-state index contributed by atoms with van der Waals surface area (Å²) in [5, 5.41) is 20.9. The van der Waals surface area contributed by atoms with Crippen molar-refractivity contribution in [1.82, 2.24) is 0 Å². The molecule has 0 spiro atoms. The first-order valence-electron chi connectivity index (χ1n) is 5.39. The lowest BCUT2D eigenvalue weighted by molar-refractivity contribution is -0.105. The van der Waals surface area contributed by atoms with Gasteiger partial charge in [-0.05, 0) is 12.1 Å². The SMILES string of the molecule is COC(OC)c1cccc(NCC(O)CO)c1. The summed E-state index contributed by atoms with van der Waals surface area (Å²) < 4.78 is 10.3. The van der Waals surface area contributed by atoms with E-state index < -0.39 is 12.4 Å². The van der Waals surface area contributed by atoms with Gasteiger partial charge in [-0.3, -0.25) is 0 Å². The van der Waals surface area contributed by atoms with E-state index in [1.54, 1.807) is 14.2 Å². The summed E-state index contributed by atoms with van der Waals surface area (Å²) in [6.07, 6.45) is -1.17. The van der Waals surface area contributed by atoms with Gasteiger partial charge in [-0.2, -0.15) is 0 Å². The van der Waals surface area contributed by atoms with Gasteiger partial charge in [0.2, 0.25) is 0 Å². The number of aliphatic hydroxyl groups excluding tert-OH is 2. The molecule has 0 fully saturated rings. The van der Waals surface area contributed by atoms with Crippen LogP contribution in [0.25, 0.3) is 0 Å². The van der Waals surface area contributed by atoms with Crippen LogP contribution in [0.5, 0.6) is 0 Å². The fourth-order valence-electron chi connectivity index (χ4n) is 1.46. The highest BCUT2D eigenvalue weighted by molar-refractivity contribution is 5.46. The molecule has 0 aliphatic rings. The van der Waals surface area contributed by atoms with Crippen LogP contribution in [0, 0.1) is 0 Å². The van der Waals surface area contributed by atoms with Crippen LogP contribution in [-0.4, -0.2) is 43.7 Å². The molecule has 1 atom stereocenters. The first-order chi connectivity index (χ1) is 8.21. The Morgan fingerprint density at radius 1 is 1.29 bits per heavy atom. The number of nitrogens with one attached hydrogen (secondary N) is 1. The topological polar surface area (TPSA) is 71.0 Å². The molecule has 1 aromatic rings. The molecule has 0 aliphatic heterocycles. The molecule has 0 amide bonds. The van der Waals surface area contributed by atoms with Gasteiger partial charge in [0.15, 0.2) is 6.29 Å². The van der Waals surface area contributed by atoms with Gasteiger partial charge in [0.1, 0.15) is 0 Å². The van der Waals surface area contributed by atoms with Crippen molar-refractivity contribution in [2.24, 2.45) is 0 Å². The second-order valence-electron chi connectivity index (χ2n) is 3.65. The van der Waals surface area contributed by atoms with Crippen molar-refractivity contribution in [2.75, 3.05) is 32.7 Å². The molecular weight excluding hydrogens is 222 g/mol. The standard InChI is InChI=1S/C12H19NO4/c1-16-12(17-2)9-4-3-5-10(6-9)13-7-11(15)8-14/h3-6,11-15H,7-8H2,1-2H3. The lowest BCUT2D eigenvalue weighted by Crippen LogP contribution is -2.23. The molecule has 1 rings (SSSR count). The highest BCUT2D eigenvalue weighted by atomic mass is 16.7. The number of anilines is 1. The Balaban J connectivity index is 2.65. The second-order valence-corrected chi connectivity index (χ2v) is 3.65. The average molecular weight is 241 g/mol. The fraction of sp³-hybridized carbons (Fsp3) is 0.500. The van der Waals surface area contributed by atoms with Crippen LogP contribution in [0.2, 0.25) is 0 Å². The maximum Gasteiger partial charge on any atom is 0.183 e. The Kier molecular flexibility index (Phi) is 5.93. The number of ether oxygens (including phenoxy) is 2. The van der Waals surface area contributed by atoms with Gasteiger partial charge in [-0.25, -0.2) is 0 Å². The smallest absolute Gasteiger partial charge is 0.183 e. The number of hydrogen-bond donors (Lipinski definition) is 3. The van der Waals surface area contributed by atoms with Crippen LogP contribution in [-0.2, 0) is 9.47 Å². The lowest BCUT2D eigenvalue weighted by atomic mass is 10.2. The van der Waals surface area contributed by atoms with Crippen molar-refractivity contribution < 1.29 is 19.7 Å². The van der Waals surface area contributed by atoms with E-state index in [0.29, 0.717) is 6.54 Å². The molecule has 0 bridgehead atoms. The van der Waals surface area contributed by atoms with Crippen molar-refractivity contribution in [2.45, 2.75) is 12.4 Å². The third kappa shape index (κ3) is 4.32. The highest BCUT2D eigenvalue weighted by Crippen LogP contribution is 2.20. The zero-order valence-electron chi connectivity index (χ0n) is 10.1. The quantitative estimate of drug-likeness (QED) is 0.614. The molecule has 0 saturated heterocycles. The Morgan fingerprint density at radius 3 is 2.59 bits per heavy atom. The molecule has 5 heteroatoms. The fourth-order valence-corrected chi connectivity index (χ4v) is 1.46. The molecule has 0 heterocycles. The van der Waals surface area contributed by atoms with E-state index in [-0.39, 0.29) is 6.61 Å². The molecule has 96 valence electrons. The van der Waals surface area contributed by atoms with Crippen molar-refractivity contribution in [3.8, 4) is 0 Å². The Bertz CT molecular complexity index is 328. The summed E-state index contributed by atoms with van der Waals surface area (Å²) in [5.41, 5.74) is 1.73. The average Bonchev–Trinajstić information content (AvgIpc) is 2.38. The molecule has 0 saturated carbocycles. The summed E-state index contributed by atoms with van der Waals surface area (Å²) in [6, 6.07) is 7.51. The van der Waals surface area contributed by atoms with Gasteiger partial charge in [0.05, 0.1) is 12.7 Å². The second kappa shape index (κ2) is 7.24. The van der Waals surface area contributed by atoms with Gasteiger partial charge in [-0.1, -0.05) is 12.1 Å². The summed E-state index contributed by atoms with van der Waals surface area (Å²) >= 11 is 0. The predicted molar refractivity (Wildman–Crippen MR) is 64.8 cm³/mol. The number of rotatable bonds is 7. The Morgan fingerprint density at radius 2 is 2.00 bits per heavy atom. The number of aliphatic hydroxyl groups is 2. The number of methoxy groups -OCH3 is 2. The van der Waals surface area contributed by atoms with E-state index in [4.69, 9.17) is 14.6 Å². The maximum absolute atomic E-state index is 9.23. The van der Waals surface area contributed by atoms with E-state index in [2.05, 4.69) is 5.32 Å². The monoisotopic (exact) mass is 241 g/mol. The van der Waals surface area contributed by atoms with E-state index in [0.717, 1.165) is 11.3 Å². The first kappa shape index (κ1) is 13.9. The van der Waals surface area contributed by atoms with E-state index in [1.165, 1.54) is 0 Å². The molecular formula is C12H19NO4. The minimum atomic E-state index is -0.765. The summed E-state index contributed by atoms with van der Waals surface area (Å²) in [5.74, 6) is 0. The van der Waals surface area contributed by atoms with Crippen LogP contribution < -0.4 is 5.32 Å². The molecule has 0 aliphatic carbocycles. The van der Waals surface area contributed by atoms with Crippen molar-refractivity contribution in [3.05, 3.63) is 29.8 Å². The number of hydrogen-bond acceptors (Lipinski definition) is 5. The minimum Gasteiger partial charge on any atom is -0.394 e. The molecule has 0 radical (unpaired) electrons. The minimum absolute atomic E-state index is 0.258. The van der Waals surface area contributed by atoms with Gasteiger partial charge in [0.25, 0.3) is 0 Å². The summed E-state index contributed by atoms with van der Waals surface area (Å²) in [7, 11) is 3.15. The zero-order chi connectivity index (χ0) is 12.7. The predicted octanol–water partition coefficient (Wildman–Crippen LogP) is 0.743. The molecule has 17 heavy (non-hydrogen) atoms. The molecule has 3 N–H and O–H groups in total. The van der Waals surface area contributed by atoms with Gasteiger partial charge in [0, 0.05) is 32.0 Å². The van der Waals surface area contributed by atoms with Crippen molar-refractivity contribution >= 4 is 5.69 Å². The van der Waals surface area contributed by atoms with E-state index in [9.17, 15) is 5.11 Å². The third-order valence-electron chi connectivity index (χ3n) is 2.34. The van der Waals surface area contributed by atoms with Gasteiger partial charge in [-0.15, -0.1) is 0 Å². The Labute approximate surface area is 101 Å². The highest BCUT2D eigenvalue weighted by Gasteiger charge is 2.09. The van der Waals surface area contributed by atoms with Crippen LogP contribution in [0.4, 0.5) is 5.69 Å². The van der Waals surface area contributed by atoms with Crippen LogP contribution in [0.1, 0.15) is 11.9 Å². The van der Waals surface area contributed by atoms with Crippen molar-refractivity contribution in [1.29, 1.82) is 0 Å². The maximum atomic E-state index is 9.23. The van der Waals surface area contributed by atoms with Crippen molar-refractivity contribution in [3.63, 3.8) is 0 Å². The molecule has 1 unspecified atom stereocenters. The molecule has 5 nitrogen and oxygen atoms in total. The first-order valence-corrected chi connectivity index (χ1v) is 5.39. The Hall–Kier alpha value is -1.14. The van der Waals surface area contributed by atoms with Crippen LogP contribution in [0.3, 0.4) is 0 Å². The third-order valence-corrected chi connectivity index (χ3v) is 2.34. The zero-order valence-corrected chi connectivity index (χ0v) is 10.1. The van der Waals surface area contributed by atoms with E-state index in [1.807, 2.05) is 24.3 Å². The summed E-state index contributed by atoms with van der Waals surface area (Å²) in [4.78, 5) is 0. The van der Waals surface area contributed by atoms with Gasteiger partial charge >= 0.3 is 0 Å². The van der Waals surface area contributed by atoms with Gasteiger partial charge < -0.3 is 25.0 Å². The van der Waals surface area contributed by atoms with Crippen LogP contribution in [0.15, 0.2) is 24.3 Å². The molecule has 0 aromatic heterocycles.